The molecule has 0 spiro atoms. The first-order valence-electron chi connectivity index (χ1n) is 37.5. The highest BCUT2D eigenvalue weighted by Gasteiger charge is 2.20. The van der Waals surface area contributed by atoms with E-state index in [-0.39, 0.29) is 31.1 Å². The van der Waals surface area contributed by atoms with E-state index < -0.39 is 6.10 Å². The zero-order chi connectivity index (χ0) is 59.9. The Balaban J connectivity index is 4.11. The molecular weight excluding hydrogens is 1020 g/mol. The van der Waals surface area contributed by atoms with Crippen LogP contribution in [0.1, 0.15) is 419 Å². The van der Waals surface area contributed by atoms with Crippen molar-refractivity contribution in [1.82, 2.24) is 0 Å². The maximum absolute atomic E-state index is 12.9. The van der Waals surface area contributed by atoms with Crippen molar-refractivity contribution in [2.75, 3.05) is 13.2 Å². The molecule has 1 unspecified atom stereocenters. The molecule has 488 valence electrons. The van der Waals surface area contributed by atoms with Gasteiger partial charge in [0.25, 0.3) is 0 Å². The Kier molecular flexibility index (Phi) is 70.0. The maximum Gasteiger partial charge on any atom is 0.306 e. The predicted octanol–water partition coefficient (Wildman–Crippen LogP) is 25.9. The Morgan fingerprint density at radius 1 is 0.241 bits per heavy atom. The molecule has 0 aliphatic carbocycles. The fourth-order valence-electron chi connectivity index (χ4n) is 11.5. The summed E-state index contributed by atoms with van der Waals surface area (Å²) in [6, 6.07) is 0. The first-order valence-corrected chi connectivity index (χ1v) is 37.5. The minimum Gasteiger partial charge on any atom is -0.462 e. The van der Waals surface area contributed by atoms with Crippen molar-refractivity contribution in [3.8, 4) is 0 Å². The van der Waals surface area contributed by atoms with Gasteiger partial charge in [-0.3, -0.25) is 14.4 Å². The van der Waals surface area contributed by atoms with Crippen LogP contribution in [0, 0.1) is 0 Å². The number of esters is 3. The monoisotopic (exact) mass is 1170 g/mol. The molecular formula is C77H144O6. The highest BCUT2D eigenvalue weighted by molar-refractivity contribution is 5.71. The fraction of sp³-hybridized carbons (Fsp3) is 0.883. The number of unbranched alkanes of at least 4 members (excludes halogenated alkanes) is 53. The van der Waals surface area contributed by atoms with Crippen molar-refractivity contribution in [1.29, 1.82) is 0 Å². The summed E-state index contributed by atoms with van der Waals surface area (Å²) in [4.78, 5) is 38.4. The quantitative estimate of drug-likeness (QED) is 0.0261. The molecule has 0 bridgehead atoms. The van der Waals surface area contributed by atoms with Crippen LogP contribution in [0.3, 0.4) is 0 Å². The van der Waals surface area contributed by atoms with Crippen molar-refractivity contribution in [3.63, 3.8) is 0 Å². The largest absolute Gasteiger partial charge is 0.462 e. The van der Waals surface area contributed by atoms with Gasteiger partial charge < -0.3 is 14.2 Å². The van der Waals surface area contributed by atoms with Crippen LogP contribution in [-0.4, -0.2) is 37.2 Å². The first kappa shape index (κ1) is 80.6. The lowest BCUT2D eigenvalue weighted by atomic mass is 10.0. The van der Waals surface area contributed by atoms with Gasteiger partial charge in [-0.05, 0) is 70.6 Å². The average molecular weight is 1170 g/mol. The lowest BCUT2D eigenvalue weighted by Gasteiger charge is -2.18. The van der Waals surface area contributed by atoms with Gasteiger partial charge in [0.05, 0.1) is 0 Å². The Morgan fingerprint density at radius 2 is 0.458 bits per heavy atom. The van der Waals surface area contributed by atoms with Crippen molar-refractivity contribution < 1.29 is 28.6 Å². The summed E-state index contributed by atoms with van der Waals surface area (Å²) < 4.78 is 17.0. The second-order valence-electron chi connectivity index (χ2n) is 25.6. The second kappa shape index (κ2) is 72.1. The zero-order valence-electron chi connectivity index (χ0n) is 56.2. The summed E-state index contributed by atoms with van der Waals surface area (Å²) in [7, 11) is 0. The maximum atomic E-state index is 12.9. The summed E-state index contributed by atoms with van der Waals surface area (Å²) >= 11 is 0. The lowest BCUT2D eigenvalue weighted by Crippen LogP contribution is -2.30. The molecule has 0 fully saturated rings. The summed E-state index contributed by atoms with van der Waals surface area (Å²) in [5.74, 6) is -0.854. The Morgan fingerprint density at radius 3 is 0.723 bits per heavy atom. The van der Waals surface area contributed by atoms with Crippen LogP contribution in [-0.2, 0) is 28.6 Å². The van der Waals surface area contributed by atoms with E-state index in [1.807, 2.05) is 0 Å². The van der Waals surface area contributed by atoms with Crippen molar-refractivity contribution in [3.05, 3.63) is 36.5 Å². The van der Waals surface area contributed by atoms with Crippen LogP contribution < -0.4 is 0 Å². The number of carbonyl (C=O) groups excluding carboxylic acids is 3. The van der Waals surface area contributed by atoms with Gasteiger partial charge in [0, 0.05) is 19.3 Å². The molecule has 0 radical (unpaired) electrons. The van der Waals surface area contributed by atoms with E-state index >= 15 is 0 Å². The summed E-state index contributed by atoms with van der Waals surface area (Å²) in [6.07, 6.45) is 90.6. The normalized spacial score (nSPS) is 12.2. The molecule has 0 aromatic carbocycles. The van der Waals surface area contributed by atoms with E-state index in [2.05, 4.69) is 57.2 Å². The molecule has 83 heavy (non-hydrogen) atoms. The SMILES string of the molecule is CCC/C=C\C/C=C\CCCCCCCC(=O)OCC(COC(=O)CCCCCCCCCCCCCCCCCCCCCCC/C=C\CCCCCCCCCC)OC(=O)CCCCCCCCCCCCCCCCCCCCC. The molecule has 0 aromatic heterocycles. The topological polar surface area (TPSA) is 78.9 Å². The van der Waals surface area contributed by atoms with Gasteiger partial charge in [-0.1, -0.05) is 365 Å². The highest BCUT2D eigenvalue weighted by atomic mass is 16.6. The van der Waals surface area contributed by atoms with E-state index in [0.29, 0.717) is 19.3 Å². The molecule has 0 rings (SSSR count). The van der Waals surface area contributed by atoms with Gasteiger partial charge in [-0.15, -0.1) is 0 Å². The van der Waals surface area contributed by atoms with Gasteiger partial charge in [0.15, 0.2) is 6.10 Å². The molecule has 1 atom stereocenters. The summed E-state index contributed by atoms with van der Waals surface area (Å²) in [6.45, 7) is 6.64. The third-order valence-corrected chi connectivity index (χ3v) is 17.1. The van der Waals surface area contributed by atoms with Crippen molar-refractivity contribution in [2.45, 2.75) is 425 Å². The molecule has 0 aromatic rings. The zero-order valence-corrected chi connectivity index (χ0v) is 56.2. The summed E-state index contributed by atoms with van der Waals surface area (Å²) in [5, 5.41) is 0. The molecule has 0 N–H and O–H groups in total. The van der Waals surface area contributed by atoms with Gasteiger partial charge in [-0.2, -0.15) is 0 Å². The fourth-order valence-corrected chi connectivity index (χ4v) is 11.5. The standard InChI is InChI=1S/C77H144O6/c1-4-7-10-13-16-19-22-25-27-29-31-32-33-34-35-36-37-38-39-40-41-42-43-44-46-47-49-52-55-58-61-64-67-70-76(79)82-73-74(72-81-75(78)69-66-63-60-57-54-51-24-21-18-15-12-9-6-3)83-77(80)71-68-65-62-59-56-53-50-48-45-30-28-26-23-20-17-14-11-8-5-2/h12,15,21,24,29,31,74H,4-11,13-14,16-20,22-23,25-28,30,32-73H2,1-3H3/b15-12-,24-21-,31-29-. The number of rotatable bonds is 70. The molecule has 6 nitrogen and oxygen atoms in total. The number of ether oxygens (including phenoxy) is 3. The Labute approximate surface area is 518 Å². The summed E-state index contributed by atoms with van der Waals surface area (Å²) in [5.41, 5.74) is 0. The van der Waals surface area contributed by atoms with Crippen LogP contribution in [0.4, 0.5) is 0 Å². The van der Waals surface area contributed by atoms with Gasteiger partial charge in [0.1, 0.15) is 13.2 Å². The second-order valence-corrected chi connectivity index (χ2v) is 25.6. The molecule has 0 saturated carbocycles. The number of hydrogen-bond acceptors (Lipinski definition) is 6. The third kappa shape index (κ3) is 70.3. The van der Waals surface area contributed by atoms with E-state index in [1.165, 1.54) is 295 Å². The average Bonchev–Trinajstić information content (AvgIpc) is 3.49. The lowest BCUT2D eigenvalue weighted by molar-refractivity contribution is -0.167. The van der Waals surface area contributed by atoms with Gasteiger partial charge in [-0.25, -0.2) is 0 Å². The van der Waals surface area contributed by atoms with Crippen LogP contribution in [0.2, 0.25) is 0 Å². The van der Waals surface area contributed by atoms with Crippen molar-refractivity contribution in [2.24, 2.45) is 0 Å². The molecule has 0 heterocycles. The van der Waals surface area contributed by atoms with Crippen molar-refractivity contribution >= 4 is 17.9 Å². The molecule has 0 saturated heterocycles. The van der Waals surface area contributed by atoms with Gasteiger partial charge in [0.2, 0.25) is 0 Å². The van der Waals surface area contributed by atoms with E-state index in [9.17, 15) is 14.4 Å². The van der Waals surface area contributed by atoms with Crippen LogP contribution in [0.15, 0.2) is 36.5 Å². The van der Waals surface area contributed by atoms with Gasteiger partial charge >= 0.3 is 17.9 Å². The van der Waals surface area contributed by atoms with Crippen LogP contribution in [0.25, 0.3) is 0 Å². The third-order valence-electron chi connectivity index (χ3n) is 17.1. The van der Waals surface area contributed by atoms with Crippen LogP contribution >= 0.6 is 0 Å². The van der Waals surface area contributed by atoms with E-state index in [4.69, 9.17) is 14.2 Å². The Bertz CT molecular complexity index is 1380. The van der Waals surface area contributed by atoms with E-state index in [1.54, 1.807) is 0 Å². The minimum absolute atomic E-state index is 0.0706. The molecule has 0 aliphatic heterocycles. The molecule has 0 amide bonds. The minimum atomic E-state index is -0.775. The highest BCUT2D eigenvalue weighted by Crippen LogP contribution is 2.19. The van der Waals surface area contributed by atoms with Crippen LogP contribution in [0.5, 0.6) is 0 Å². The number of carbonyl (C=O) groups is 3. The molecule has 6 heteroatoms. The number of hydrogen-bond donors (Lipinski definition) is 0. The molecule has 0 aliphatic rings. The first-order chi connectivity index (χ1) is 41.0. The smallest absolute Gasteiger partial charge is 0.306 e. The predicted molar refractivity (Wildman–Crippen MR) is 362 cm³/mol. The Hall–Kier alpha value is -2.37. The van der Waals surface area contributed by atoms with E-state index in [0.717, 1.165) is 83.5 Å². The number of allylic oxidation sites excluding steroid dienone is 6.